The van der Waals surface area contributed by atoms with Gasteiger partial charge >= 0.3 is 0 Å². The van der Waals surface area contributed by atoms with Crippen molar-refractivity contribution < 1.29 is 9.21 Å². The monoisotopic (exact) mass is 349 g/mol. The van der Waals surface area contributed by atoms with Crippen molar-refractivity contribution in [2.45, 2.75) is 45.8 Å². The highest BCUT2D eigenvalue weighted by atomic mass is 16.3. The molecule has 0 unspecified atom stereocenters. The molecule has 134 valence electrons. The molecule has 0 N–H and O–H groups in total. The Morgan fingerprint density at radius 2 is 2.04 bits per heavy atom. The van der Waals surface area contributed by atoms with Crippen molar-refractivity contribution in [1.82, 2.24) is 14.5 Å². The van der Waals surface area contributed by atoms with Crippen molar-refractivity contribution in [3.05, 3.63) is 77.3 Å². The molecule has 0 aromatic carbocycles. The average Bonchev–Trinajstić information content (AvgIpc) is 3.29. The van der Waals surface area contributed by atoms with Crippen LogP contribution in [0.4, 0.5) is 0 Å². The Morgan fingerprint density at radius 3 is 2.69 bits per heavy atom. The average molecular weight is 349 g/mol. The maximum absolute atomic E-state index is 13.3. The van der Waals surface area contributed by atoms with Crippen LogP contribution >= 0.6 is 0 Å². The summed E-state index contributed by atoms with van der Waals surface area (Å²) >= 11 is 0. The molecule has 5 nitrogen and oxygen atoms in total. The summed E-state index contributed by atoms with van der Waals surface area (Å²) in [5.41, 5.74) is 3.96. The van der Waals surface area contributed by atoms with Crippen LogP contribution in [0.3, 0.4) is 0 Å². The molecule has 1 fully saturated rings. The maximum Gasteiger partial charge on any atom is 0.256 e. The molecule has 1 saturated carbocycles. The lowest BCUT2D eigenvalue weighted by Gasteiger charge is -2.22. The molecule has 1 aliphatic rings. The van der Waals surface area contributed by atoms with Gasteiger partial charge in [0.1, 0.15) is 5.76 Å². The van der Waals surface area contributed by atoms with Crippen LogP contribution in [0.2, 0.25) is 0 Å². The van der Waals surface area contributed by atoms with E-state index >= 15 is 0 Å². The first kappa shape index (κ1) is 16.6. The molecule has 0 bridgehead atoms. The lowest BCUT2D eigenvalue weighted by atomic mass is 10.2. The number of amides is 1. The number of carbonyl (C=O) groups excluding carboxylic acids is 1. The zero-order chi connectivity index (χ0) is 18.1. The smallest absolute Gasteiger partial charge is 0.256 e. The van der Waals surface area contributed by atoms with Crippen LogP contribution < -0.4 is 0 Å². The predicted octanol–water partition coefficient (Wildman–Crippen LogP) is 3.95. The number of hydrogen-bond donors (Lipinski definition) is 0. The third kappa shape index (κ3) is 3.29. The van der Waals surface area contributed by atoms with Gasteiger partial charge in [-0.2, -0.15) is 0 Å². The Hall–Kier alpha value is -2.82. The first-order valence-electron chi connectivity index (χ1n) is 9.02. The molecule has 0 atom stereocenters. The number of pyridine rings is 1. The highest BCUT2D eigenvalue weighted by molar-refractivity contribution is 5.96. The number of carbonyl (C=O) groups is 1. The molecule has 3 heterocycles. The fraction of sp³-hybridized carbons (Fsp3) is 0.333. The predicted molar refractivity (Wildman–Crippen MR) is 98.8 cm³/mol. The third-order valence-corrected chi connectivity index (χ3v) is 5.05. The summed E-state index contributed by atoms with van der Waals surface area (Å²) in [5, 5.41) is 0. The number of aryl methyl sites for hydroxylation is 1. The second kappa shape index (κ2) is 6.83. The van der Waals surface area contributed by atoms with E-state index in [4.69, 9.17) is 4.42 Å². The lowest BCUT2D eigenvalue weighted by molar-refractivity contribution is 0.0729. The largest absolute Gasteiger partial charge is 0.467 e. The van der Waals surface area contributed by atoms with Gasteiger partial charge in [-0.05, 0) is 62.6 Å². The fourth-order valence-electron chi connectivity index (χ4n) is 3.41. The Bertz CT molecular complexity index is 893. The van der Waals surface area contributed by atoms with E-state index in [9.17, 15) is 4.79 Å². The van der Waals surface area contributed by atoms with Crippen molar-refractivity contribution in [3.8, 4) is 0 Å². The topological polar surface area (TPSA) is 51.3 Å². The first-order valence-corrected chi connectivity index (χ1v) is 9.02. The molecule has 5 heteroatoms. The van der Waals surface area contributed by atoms with E-state index in [0.29, 0.717) is 19.1 Å². The highest BCUT2D eigenvalue weighted by Crippen LogP contribution is 2.31. The van der Waals surface area contributed by atoms with Crippen LogP contribution in [0.25, 0.3) is 0 Å². The van der Waals surface area contributed by atoms with Gasteiger partial charge in [0.05, 0.1) is 18.4 Å². The van der Waals surface area contributed by atoms with Gasteiger partial charge < -0.3 is 13.9 Å². The molecular weight excluding hydrogens is 326 g/mol. The quantitative estimate of drug-likeness (QED) is 0.677. The molecule has 4 rings (SSSR count). The normalized spacial score (nSPS) is 13.8. The minimum atomic E-state index is 0.114. The van der Waals surface area contributed by atoms with Crippen molar-refractivity contribution in [3.63, 3.8) is 0 Å². The van der Waals surface area contributed by atoms with Crippen molar-refractivity contribution in [1.29, 1.82) is 0 Å². The molecular formula is C21H23N3O2. The van der Waals surface area contributed by atoms with Crippen molar-refractivity contribution >= 4 is 5.91 Å². The van der Waals surface area contributed by atoms with Crippen LogP contribution in [-0.4, -0.2) is 26.4 Å². The Morgan fingerprint density at radius 1 is 1.27 bits per heavy atom. The van der Waals surface area contributed by atoms with Gasteiger partial charge in [-0.15, -0.1) is 0 Å². The number of aromatic nitrogens is 2. The highest BCUT2D eigenvalue weighted by Gasteiger charge is 2.34. The van der Waals surface area contributed by atoms with Gasteiger partial charge in [-0.3, -0.25) is 9.78 Å². The number of furan rings is 1. The van der Waals surface area contributed by atoms with E-state index in [0.717, 1.165) is 41.1 Å². The maximum atomic E-state index is 13.3. The van der Waals surface area contributed by atoms with Gasteiger partial charge in [-0.1, -0.05) is 0 Å². The third-order valence-electron chi connectivity index (χ3n) is 5.05. The SMILES string of the molecule is Cc1cc(C(=O)N(Cc2ccncc2)C2CC2)c(C)n1Cc1ccco1. The molecule has 3 aromatic heterocycles. The van der Waals surface area contributed by atoms with Gasteiger partial charge in [0.2, 0.25) is 0 Å². The van der Waals surface area contributed by atoms with Crippen LogP contribution in [0, 0.1) is 13.8 Å². The van der Waals surface area contributed by atoms with E-state index in [2.05, 4.69) is 9.55 Å². The molecule has 3 aromatic rings. The van der Waals surface area contributed by atoms with Crippen LogP contribution in [0.15, 0.2) is 53.4 Å². The van der Waals surface area contributed by atoms with E-state index in [1.807, 2.05) is 49.1 Å². The molecule has 26 heavy (non-hydrogen) atoms. The van der Waals surface area contributed by atoms with E-state index < -0.39 is 0 Å². The lowest BCUT2D eigenvalue weighted by Crippen LogP contribution is -2.33. The summed E-state index contributed by atoms with van der Waals surface area (Å²) in [4.78, 5) is 19.4. The molecule has 0 aliphatic heterocycles. The molecule has 0 radical (unpaired) electrons. The number of nitrogens with zero attached hydrogens (tertiary/aromatic N) is 3. The number of hydrogen-bond acceptors (Lipinski definition) is 3. The molecule has 1 amide bonds. The van der Waals surface area contributed by atoms with Crippen molar-refractivity contribution in [2.75, 3.05) is 0 Å². The van der Waals surface area contributed by atoms with E-state index in [1.54, 1.807) is 18.7 Å². The summed E-state index contributed by atoms with van der Waals surface area (Å²) < 4.78 is 7.61. The van der Waals surface area contributed by atoms with Gasteiger partial charge in [0.25, 0.3) is 5.91 Å². The molecule has 0 saturated heterocycles. The van der Waals surface area contributed by atoms with Gasteiger partial charge in [0, 0.05) is 36.4 Å². The molecule has 0 spiro atoms. The fourth-order valence-corrected chi connectivity index (χ4v) is 3.41. The zero-order valence-corrected chi connectivity index (χ0v) is 15.2. The summed E-state index contributed by atoms with van der Waals surface area (Å²) in [6.45, 7) is 5.33. The number of rotatable bonds is 6. The summed E-state index contributed by atoms with van der Waals surface area (Å²) in [6.07, 6.45) is 7.41. The van der Waals surface area contributed by atoms with Crippen LogP contribution in [0.5, 0.6) is 0 Å². The van der Waals surface area contributed by atoms with Crippen molar-refractivity contribution in [2.24, 2.45) is 0 Å². The minimum absolute atomic E-state index is 0.114. The second-order valence-corrected chi connectivity index (χ2v) is 6.97. The van der Waals surface area contributed by atoms with Gasteiger partial charge in [-0.25, -0.2) is 0 Å². The van der Waals surface area contributed by atoms with E-state index in [1.165, 1.54) is 0 Å². The van der Waals surface area contributed by atoms with Crippen LogP contribution in [-0.2, 0) is 13.1 Å². The Kier molecular flexibility index (Phi) is 4.37. The Balaban J connectivity index is 1.60. The summed E-state index contributed by atoms with van der Waals surface area (Å²) in [7, 11) is 0. The summed E-state index contributed by atoms with van der Waals surface area (Å²) in [5.74, 6) is 1.00. The first-order chi connectivity index (χ1) is 12.6. The summed E-state index contributed by atoms with van der Waals surface area (Å²) in [6, 6.07) is 10.1. The van der Waals surface area contributed by atoms with Gasteiger partial charge in [0.15, 0.2) is 0 Å². The van der Waals surface area contributed by atoms with Crippen LogP contribution in [0.1, 0.15) is 45.9 Å². The standard InChI is InChI=1S/C21H23N3O2/c1-15-12-20(16(2)23(15)14-19-4-3-11-26-19)21(25)24(18-5-6-18)13-17-7-9-22-10-8-17/h3-4,7-12,18H,5-6,13-14H2,1-2H3. The molecule has 1 aliphatic carbocycles. The minimum Gasteiger partial charge on any atom is -0.467 e. The second-order valence-electron chi connectivity index (χ2n) is 6.97. The Labute approximate surface area is 153 Å². The van der Waals surface area contributed by atoms with E-state index in [-0.39, 0.29) is 5.91 Å². The zero-order valence-electron chi connectivity index (χ0n) is 15.2.